The normalized spacial score (nSPS) is 10.1. The van der Waals surface area contributed by atoms with Gasteiger partial charge in [0.15, 0.2) is 0 Å². The minimum absolute atomic E-state index is 0.113. The standard InChI is InChI=1S/C11H12N4O4/c16-10(17)9-2-1-8(19-9)5-14-11(18)13-4-7-3-12-6-15-7/h1-3,6H,4-5H2,(H,12,15)(H,16,17)(H2,13,14,18). The van der Waals surface area contributed by atoms with Crippen molar-refractivity contribution in [2.75, 3.05) is 0 Å². The molecular weight excluding hydrogens is 252 g/mol. The van der Waals surface area contributed by atoms with Gasteiger partial charge in [-0.1, -0.05) is 0 Å². The Kier molecular flexibility index (Phi) is 3.81. The molecule has 2 amide bonds. The van der Waals surface area contributed by atoms with E-state index in [4.69, 9.17) is 9.52 Å². The molecule has 0 radical (unpaired) electrons. The molecule has 0 saturated carbocycles. The van der Waals surface area contributed by atoms with E-state index in [0.29, 0.717) is 12.3 Å². The van der Waals surface area contributed by atoms with Crippen molar-refractivity contribution in [1.29, 1.82) is 0 Å². The quantitative estimate of drug-likeness (QED) is 0.633. The molecular formula is C11H12N4O4. The first-order valence-corrected chi connectivity index (χ1v) is 5.46. The summed E-state index contributed by atoms with van der Waals surface area (Å²) < 4.78 is 4.99. The number of nitrogens with zero attached hydrogens (tertiary/aromatic N) is 1. The van der Waals surface area contributed by atoms with Crippen molar-refractivity contribution in [2.45, 2.75) is 13.1 Å². The van der Waals surface area contributed by atoms with E-state index in [1.54, 1.807) is 6.20 Å². The molecule has 19 heavy (non-hydrogen) atoms. The number of carboxylic acid groups (broad SMARTS) is 1. The van der Waals surface area contributed by atoms with E-state index in [-0.39, 0.29) is 18.3 Å². The lowest BCUT2D eigenvalue weighted by molar-refractivity contribution is 0.0660. The lowest BCUT2D eigenvalue weighted by Crippen LogP contribution is -2.34. The van der Waals surface area contributed by atoms with Crippen LogP contribution in [0.15, 0.2) is 29.1 Å². The van der Waals surface area contributed by atoms with E-state index in [9.17, 15) is 9.59 Å². The third-order valence-corrected chi connectivity index (χ3v) is 2.29. The van der Waals surface area contributed by atoms with Crippen LogP contribution in [0.25, 0.3) is 0 Å². The molecule has 2 aromatic heterocycles. The summed E-state index contributed by atoms with van der Waals surface area (Å²) in [7, 11) is 0. The number of H-pyrrole nitrogens is 1. The van der Waals surface area contributed by atoms with Crippen molar-refractivity contribution in [3.63, 3.8) is 0 Å². The lowest BCUT2D eigenvalue weighted by atomic mass is 10.4. The highest BCUT2D eigenvalue weighted by atomic mass is 16.4. The molecule has 2 aromatic rings. The van der Waals surface area contributed by atoms with Crippen LogP contribution in [0.2, 0.25) is 0 Å². The van der Waals surface area contributed by atoms with Gasteiger partial charge in [-0.05, 0) is 12.1 Å². The summed E-state index contributed by atoms with van der Waals surface area (Å²) in [6, 6.07) is 2.45. The average molecular weight is 264 g/mol. The predicted octanol–water partition coefficient (Wildman–Crippen LogP) is 0.700. The second-order valence-corrected chi connectivity index (χ2v) is 3.68. The van der Waals surface area contributed by atoms with Gasteiger partial charge in [0.2, 0.25) is 5.76 Å². The summed E-state index contributed by atoms with van der Waals surface area (Å²) in [4.78, 5) is 28.7. The summed E-state index contributed by atoms with van der Waals surface area (Å²) in [6.45, 7) is 0.437. The highest BCUT2D eigenvalue weighted by Crippen LogP contribution is 2.07. The molecule has 0 aliphatic heterocycles. The van der Waals surface area contributed by atoms with E-state index in [2.05, 4.69) is 20.6 Å². The summed E-state index contributed by atoms with van der Waals surface area (Å²) in [5.41, 5.74) is 0.779. The van der Waals surface area contributed by atoms with E-state index >= 15 is 0 Å². The molecule has 0 unspecified atom stereocenters. The molecule has 2 heterocycles. The third-order valence-electron chi connectivity index (χ3n) is 2.29. The van der Waals surface area contributed by atoms with Crippen LogP contribution in [0.1, 0.15) is 22.0 Å². The lowest BCUT2D eigenvalue weighted by Gasteiger charge is -2.04. The maximum atomic E-state index is 11.4. The molecule has 0 spiro atoms. The fourth-order valence-electron chi connectivity index (χ4n) is 1.37. The number of carbonyl (C=O) groups excluding carboxylic acids is 1. The number of carbonyl (C=O) groups is 2. The topological polar surface area (TPSA) is 120 Å². The number of aromatic nitrogens is 2. The molecule has 0 bridgehead atoms. The number of hydrogen-bond acceptors (Lipinski definition) is 4. The molecule has 0 aliphatic rings. The van der Waals surface area contributed by atoms with Gasteiger partial charge < -0.3 is 25.1 Å². The first kappa shape index (κ1) is 12.7. The summed E-state index contributed by atoms with van der Waals surface area (Å²) in [5, 5.41) is 13.8. The number of amides is 2. The minimum Gasteiger partial charge on any atom is -0.475 e. The number of aromatic amines is 1. The molecule has 8 heteroatoms. The van der Waals surface area contributed by atoms with Crippen molar-refractivity contribution >= 4 is 12.0 Å². The highest BCUT2D eigenvalue weighted by molar-refractivity contribution is 5.84. The zero-order chi connectivity index (χ0) is 13.7. The largest absolute Gasteiger partial charge is 0.475 e. The van der Waals surface area contributed by atoms with Gasteiger partial charge in [-0.25, -0.2) is 14.6 Å². The number of urea groups is 1. The Morgan fingerprint density at radius 2 is 2.11 bits per heavy atom. The van der Waals surface area contributed by atoms with Crippen LogP contribution in [0.4, 0.5) is 4.79 Å². The molecule has 8 nitrogen and oxygen atoms in total. The van der Waals surface area contributed by atoms with Crippen LogP contribution < -0.4 is 10.6 Å². The average Bonchev–Trinajstić information content (AvgIpc) is 3.05. The molecule has 0 aliphatic carbocycles. The second kappa shape index (κ2) is 5.71. The molecule has 2 rings (SSSR count). The second-order valence-electron chi connectivity index (χ2n) is 3.68. The molecule has 0 fully saturated rings. The van der Waals surface area contributed by atoms with Gasteiger partial charge in [0.25, 0.3) is 0 Å². The summed E-state index contributed by atoms with van der Waals surface area (Å²) in [6.07, 6.45) is 3.12. The molecule has 0 saturated heterocycles. The monoisotopic (exact) mass is 264 g/mol. The maximum Gasteiger partial charge on any atom is 0.371 e. The van der Waals surface area contributed by atoms with Gasteiger partial charge in [0, 0.05) is 6.20 Å². The van der Waals surface area contributed by atoms with Crippen LogP contribution in [-0.4, -0.2) is 27.1 Å². The Balaban J connectivity index is 1.75. The van der Waals surface area contributed by atoms with Crippen LogP contribution in [0, 0.1) is 0 Å². The zero-order valence-corrected chi connectivity index (χ0v) is 9.84. The highest BCUT2D eigenvalue weighted by Gasteiger charge is 2.09. The van der Waals surface area contributed by atoms with Crippen molar-refractivity contribution in [3.05, 3.63) is 41.9 Å². The Morgan fingerprint density at radius 3 is 2.74 bits per heavy atom. The molecule has 100 valence electrons. The number of imidazole rings is 1. The van der Waals surface area contributed by atoms with Gasteiger partial charge in [-0.2, -0.15) is 0 Å². The fraction of sp³-hybridized carbons (Fsp3) is 0.182. The van der Waals surface area contributed by atoms with Crippen LogP contribution in [-0.2, 0) is 13.1 Å². The number of hydrogen-bond donors (Lipinski definition) is 4. The van der Waals surface area contributed by atoms with Gasteiger partial charge in [0.05, 0.1) is 25.1 Å². The Morgan fingerprint density at radius 1 is 1.32 bits per heavy atom. The van der Waals surface area contributed by atoms with Crippen LogP contribution in [0.3, 0.4) is 0 Å². The first-order valence-electron chi connectivity index (χ1n) is 5.46. The van der Waals surface area contributed by atoms with Crippen molar-refractivity contribution in [2.24, 2.45) is 0 Å². The zero-order valence-electron chi connectivity index (χ0n) is 9.84. The number of aromatic carboxylic acids is 1. The Hall–Kier alpha value is -2.77. The molecule has 4 N–H and O–H groups in total. The Bertz CT molecular complexity index is 561. The molecule has 0 aromatic carbocycles. The van der Waals surface area contributed by atoms with Crippen LogP contribution in [0.5, 0.6) is 0 Å². The number of nitrogens with one attached hydrogen (secondary N) is 3. The summed E-state index contributed by atoms with van der Waals surface area (Å²) >= 11 is 0. The van der Waals surface area contributed by atoms with Gasteiger partial charge >= 0.3 is 12.0 Å². The predicted molar refractivity (Wildman–Crippen MR) is 63.3 cm³/mol. The fourth-order valence-corrected chi connectivity index (χ4v) is 1.37. The van der Waals surface area contributed by atoms with E-state index in [1.165, 1.54) is 18.5 Å². The Labute approximate surface area is 107 Å². The van der Waals surface area contributed by atoms with Crippen molar-refractivity contribution in [3.8, 4) is 0 Å². The van der Waals surface area contributed by atoms with Crippen LogP contribution >= 0.6 is 0 Å². The smallest absolute Gasteiger partial charge is 0.371 e. The van der Waals surface area contributed by atoms with Gasteiger partial charge in [-0.3, -0.25) is 0 Å². The van der Waals surface area contributed by atoms with Crippen molar-refractivity contribution in [1.82, 2.24) is 20.6 Å². The first-order chi connectivity index (χ1) is 9.15. The number of furan rings is 1. The van der Waals surface area contributed by atoms with E-state index in [0.717, 1.165) is 5.69 Å². The minimum atomic E-state index is -1.14. The van der Waals surface area contributed by atoms with Crippen molar-refractivity contribution < 1.29 is 19.1 Å². The number of rotatable bonds is 5. The van der Waals surface area contributed by atoms with E-state index < -0.39 is 5.97 Å². The SMILES string of the molecule is O=C(NCc1cnc[nH]1)NCc1ccc(C(=O)O)o1. The van der Waals surface area contributed by atoms with E-state index in [1.807, 2.05) is 0 Å². The maximum absolute atomic E-state index is 11.4. The summed E-state index contributed by atoms with van der Waals surface area (Å²) in [5.74, 6) is -0.932. The molecule has 0 atom stereocenters. The number of carboxylic acids is 1. The van der Waals surface area contributed by atoms with Gasteiger partial charge in [0.1, 0.15) is 5.76 Å². The third kappa shape index (κ3) is 3.60. The van der Waals surface area contributed by atoms with Gasteiger partial charge in [-0.15, -0.1) is 0 Å².